The normalized spacial score (nSPS) is 25.6. The Balaban J connectivity index is 1.86. The Bertz CT molecular complexity index is 255. The number of hydrogen-bond acceptors (Lipinski definition) is 3. The van der Waals surface area contributed by atoms with Crippen LogP contribution in [-0.4, -0.2) is 31.1 Å². The minimum absolute atomic E-state index is 0.147. The van der Waals surface area contributed by atoms with Crippen molar-refractivity contribution >= 4 is 5.91 Å². The van der Waals surface area contributed by atoms with E-state index in [0.717, 1.165) is 45.3 Å². The van der Waals surface area contributed by atoms with Crippen molar-refractivity contribution < 1.29 is 4.79 Å². The highest BCUT2D eigenvalue weighted by Gasteiger charge is 2.37. The van der Waals surface area contributed by atoms with Crippen LogP contribution >= 0.6 is 0 Å². The summed E-state index contributed by atoms with van der Waals surface area (Å²) in [7, 11) is 0. The Hall–Kier alpha value is -0.610. The molecule has 1 saturated heterocycles. The summed E-state index contributed by atoms with van der Waals surface area (Å²) >= 11 is 0. The van der Waals surface area contributed by atoms with Gasteiger partial charge in [0.25, 0.3) is 0 Å². The highest BCUT2D eigenvalue weighted by atomic mass is 16.1. The predicted octanol–water partition coefficient (Wildman–Crippen LogP) is 0.764. The van der Waals surface area contributed by atoms with E-state index in [2.05, 4.69) is 10.6 Å². The van der Waals surface area contributed by atoms with E-state index in [1.807, 2.05) is 0 Å². The summed E-state index contributed by atoms with van der Waals surface area (Å²) in [6.45, 7) is 3.16. The Morgan fingerprint density at radius 2 is 1.88 bits per heavy atom. The van der Waals surface area contributed by atoms with E-state index in [4.69, 9.17) is 5.73 Å². The van der Waals surface area contributed by atoms with E-state index < -0.39 is 5.54 Å². The average Bonchev–Trinajstić information content (AvgIpc) is 2.38. The molecule has 4 N–H and O–H groups in total. The van der Waals surface area contributed by atoms with Gasteiger partial charge in [0.2, 0.25) is 5.91 Å². The molecule has 4 nitrogen and oxygen atoms in total. The second-order valence-electron chi connectivity index (χ2n) is 5.58. The molecular weight excluding hydrogens is 214 g/mol. The van der Waals surface area contributed by atoms with Crippen molar-refractivity contribution in [3.05, 3.63) is 0 Å². The number of amides is 1. The molecule has 1 saturated carbocycles. The van der Waals surface area contributed by atoms with Crippen LogP contribution in [0, 0.1) is 5.92 Å². The topological polar surface area (TPSA) is 67.2 Å². The number of hydrogen-bond donors (Lipinski definition) is 3. The van der Waals surface area contributed by atoms with Gasteiger partial charge in [-0.15, -0.1) is 0 Å². The zero-order chi connectivity index (χ0) is 12.1. The largest absolute Gasteiger partial charge is 0.368 e. The lowest BCUT2D eigenvalue weighted by molar-refractivity contribution is -0.125. The Morgan fingerprint density at radius 3 is 2.47 bits per heavy atom. The first-order valence-corrected chi connectivity index (χ1v) is 6.99. The maximum absolute atomic E-state index is 11.7. The van der Waals surface area contributed by atoms with Gasteiger partial charge in [0.15, 0.2) is 0 Å². The molecule has 0 aromatic heterocycles. The van der Waals surface area contributed by atoms with Gasteiger partial charge in [0, 0.05) is 0 Å². The fourth-order valence-corrected chi connectivity index (χ4v) is 3.09. The molecule has 2 rings (SSSR count). The molecule has 0 spiro atoms. The van der Waals surface area contributed by atoms with E-state index in [1.165, 1.54) is 19.3 Å². The summed E-state index contributed by atoms with van der Waals surface area (Å²) in [4.78, 5) is 11.7. The van der Waals surface area contributed by atoms with Crippen LogP contribution in [0.4, 0.5) is 0 Å². The van der Waals surface area contributed by atoms with Gasteiger partial charge in [-0.1, -0.05) is 19.3 Å². The first kappa shape index (κ1) is 12.8. The van der Waals surface area contributed by atoms with Gasteiger partial charge in [0.05, 0.1) is 5.54 Å². The minimum atomic E-state index is -0.400. The highest BCUT2D eigenvalue weighted by Crippen LogP contribution is 2.28. The molecule has 0 aromatic carbocycles. The zero-order valence-corrected chi connectivity index (χ0v) is 10.6. The van der Waals surface area contributed by atoms with Crippen molar-refractivity contribution in [1.29, 1.82) is 0 Å². The van der Waals surface area contributed by atoms with Crippen molar-refractivity contribution in [2.45, 2.75) is 50.5 Å². The summed E-state index contributed by atoms with van der Waals surface area (Å²) in [5.74, 6) is 0.556. The lowest BCUT2D eigenvalue weighted by atomic mass is 9.80. The number of nitrogens with one attached hydrogen (secondary N) is 2. The van der Waals surface area contributed by atoms with Crippen molar-refractivity contribution in [3.63, 3.8) is 0 Å². The van der Waals surface area contributed by atoms with Gasteiger partial charge in [-0.3, -0.25) is 4.79 Å². The lowest BCUT2D eigenvalue weighted by Crippen LogP contribution is -2.57. The van der Waals surface area contributed by atoms with E-state index in [-0.39, 0.29) is 5.91 Å². The number of piperidine rings is 1. The quantitative estimate of drug-likeness (QED) is 0.678. The van der Waals surface area contributed by atoms with Crippen molar-refractivity contribution in [2.24, 2.45) is 11.7 Å². The molecule has 98 valence electrons. The molecule has 0 atom stereocenters. The second-order valence-corrected chi connectivity index (χ2v) is 5.58. The molecule has 1 aliphatic heterocycles. The summed E-state index contributed by atoms with van der Waals surface area (Å²) in [6, 6.07) is 0. The molecular formula is C13H25N3O. The summed E-state index contributed by atoms with van der Waals surface area (Å²) in [6.07, 6.45) is 7.76. The highest BCUT2D eigenvalue weighted by molar-refractivity contribution is 5.84. The first-order chi connectivity index (χ1) is 8.23. The lowest BCUT2D eigenvalue weighted by Gasteiger charge is -2.37. The average molecular weight is 239 g/mol. The van der Waals surface area contributed by atoms with E-state index in [1.54, 1.807) is 0 Å². The maximum atomic E-state index is 11.7. The smallest absolute Gasteiger partial charge is 0.237 e. The van der Waals surface area contributed by atoms with E-state index >= 15 is 0 Å². The monoisotopic (exact) mass is 239 g/mol. The number of rotatable bonds is 4. The van der Waals surface area contributed by atoms with Gasteiger partial charge in [-0.2, -0.15) is 0 Å². The van der Waals surface area contributed by atoms with Gasteiger partial charge in [-0.25, -0.2) is 0 Å². The number of carbonyl (C=O) groups is 1. The number of carbonyl (C=O) groups excluding carboxylic acids is 1. The van der Waals surface area contributed by atoms with Crippen LogP contribution in [0.3, 0.4) is 0 Å². The van der Waals surface area contributed by atoms with Gasteiger partial charge < -0.3 is 16.4 Å². The van der Waals surface area contributed by atoms with Gasteiger partial charge in [-0.05, 0) is 51.2 Å². The third-order valence-corrected chi connectivity index (χ3v) is 4.37. The molecule has 1 amide bonds. The maximum Gasteiger partial charge on any atom is 0.237 e. The molecule has 2 aliphatic rings. The molecule has 4 heteroatoms. The molecule has 0 aromatic rings. The second kappa shape index (κ2) is 5.83. The molecule has 0 radical (unpaired) electrons. The van der Waals surface area contributed by atoms with E-state index in [0.29, 0.717) is 5.92 Å². The van der Waals surface area contributed by atoms with Crippen LogP contribution in [0.5, 0.6) is 0 Å². The zero-order valence-electron chi connectivity index (χ0n) is 10.6. The summed E-state index contributed by atoms with van der Waals surface area (Å²) in [5, 5.41) is 6.87. The van der Waals surface area contributed by atoms with Gasteiger partial charge >= 0.3 is 0 Å². The molecule has 1 aliphatic carbocycles. The Labute approximate surface area is 104 Å². The van der Waals surface area contributed by atoms with Crippen molar-refractivity contribution in [2.75, 3.05) is 19.6 Å². The van der Waals surface area contributed by atoms with Crippen LogP contribution in [0.2, 0.25) is 0 Å². The van der Waals surface area contributed by atoms with Gasteiger partial charge in [0.1, 0.15) is 0 Å². The molecule has 0 bridgehead atoms. The third-order valence-electron chi connectivity index (χ3n) is 4.37. The predicted molar refractivity (Wildman–Crippen MR) is 68.6 cm³/mol. The fraction of sp³-hybridized carbons (Fsp3) is 0.923. The molecule has 2 fully saturated rings. The SMILES string of the molecule is NC(=O)C1(NCC2CCNCC2)CCCCC1. The van der Waals surface area contributed by atoms with Crippen LogP contribution in [0.25, 0.3) is 0 Å². The van der Waals surface area contributed by atoms with Crippen molar-refractivity contribution in [3.8, 4) is 0 Å². The fourth-order valence-electron chi connectivity index (χ4n) is 3.09. The van der Waals surface area contributed by atoms with Crippen LogP contribution < -0.4 is 16.4 Å². The number of nitrogens with two attached hydrogens (primary N) is 1. The number of primary amides is 1. The van der Waals surface area contributed by atoms with Crippen LogP contribution in [0.15, 0.2) is 0 Å². The van der Waals surface area contributed by atoms with Crippen molar-refractivity contribution in [1.82, 2.24) is 10.6 Å². The molecule has 17 heavy (non-hydrogen) atoms. The molecule has 1 heterocycles. The summed E-state index contributed by atoms with van der Waals surface area (Å²) < 4.78 is 0. The van der Waals surface area contributed by atoms with Crippen LogP contribution in [0.1, 0.15) is 44.9 Å². The standard InChI is InChI=1S/C13H25N3O/c14-12(17)13(6-2-1-3-7-13)16-10-11-4-8-15-9-5-11/h11,15-16H,1-10H2,(H2,14,17). The van der Waals surface area contributed by atoms with Crippen LogP contribution in [-0.2, 0) is 4.79 Å². The molecule has 0 unspecified atom stereocenters. The third kappa shape index (κ3) is 3.19. The Kier molecular flexibility index (Phi) is 4.40. The van der Waals surface area contributed by atoms with E-state index in [9.17, 15) is 4.79 Å². The summed E-state index contributed by atoms with van der Waals surface area (Å²) in [5.41, 5.74) is 5.20. The minimum Gasteiger partial charge on any atom is -0.368 e. The first-order valence-electron chi connectivity index (χ1n) is 6.99. The Morgan fingerprint density at radius 1 is 1.24 bits per heavy atom.